The summed E-state index contributed by atoms with van der Waals surface area (Å²) < 4.78 is 37.3. The van der Waals surface area contributed by atoms with Gasteiger partial charge in [-0.3, -0.25) is 0 Å². The highest BCUT2D eigenvalue weighted by atomic mass is 19.4. The Balaban J connectivity index is 2.60. The summed E-state index contributed by atoms with van der Waals surface area (Å²) in [6.07, 6.45) is 1.58. The van der Waals surface area contributed by atoms with Gasteiger partial charge in [0.2, 0.25) is 0 Å². The Morgan fingerprint density at radius 2 is 2.08 bits per heavy atom. The molecule has 0 aromatic rings. The number of rotatable bonds is 2. The molecule has 0 bridgehead atoms. The topological polar surface area (TPSA) is 12.0 Å². The third-order valence-corrected chi connectivity index (χ3v) is 2.44. The quantitative estimate of drug-likeness (QED) is 0.664. The molecule has 0 fully saturated rings. The summed E-state index contributed by atoms with van der Waals surface area (Å²) in [6, 6.07) is -1.35. The maximum absolute atomic E-state index is 12.4. The average Bonchev–Trinajstić information content (AvgIpc) is 2.05. The minimum absolute atomic E-state index is 0.296. The van der Waals surface area contributed by atoms with E-state index in [1.165, 1.54) is 7.05 Å². The van der Waals surface area contributed by atoms with Crippen LogP contribution in [0.1, 0.15) is 19.3 Å². The van der Waals surface area contributed by atoms with Crippen molar-refractivity contribution >= 4 is 0 Å². The van der Waals surface area contributed by atoms with Crippen molar-refractivity contribution < 1.29 is 13.2 Å². The summed E-state index contributed by atoms with van der Waals surface area (Å²) in [5.41, 5.74) is 0. The summed E-state index contributed by atoms with van der Waals surface area (Å²) in [4.78, 5) is 0. The first-order valence-corrected chi connectivity index (χ1v) is 4.44. The minimum Gasteiger partial charge on any atom is -0.309 e. The monoisotopic (exact) mass is 193 g/mol. The van der Waals surface area contributed by atoms with Crippen LogP contribution in [0.25, 0.3) is 0 Å². The highest BCUT2D eigenvalue weighted by molar-refractivity contribution is 4.95. The highest BCUT2D eigenvalue weighted by Crippen LogP contribution is 2.31. The summed E-state index contributed by atoms with van der Waals surface area (Å²) >= 11 is 0. The van der Waals surface area contributed by atoms with Crippen LogP contribution in [-0.4, -0.2) is 19.3 Å². The van der Waals surface area contributed by atoms with E-state index in [-0.39, 0.29) is 5.92 Å². The van der Waals surface area contributed by atoms with Gasteiger partial charge in [-0.1, -0.05) is 12.2 Å². The molecule has 1 aliphatic carbocycles. The molecule has 0 saturated heterocycles. The summed E-state index contributed by atoms with van der Waals surface area (Å²) in [7, 11) is 1.37. The van der Waals surface area contributed by atoms with E-state index in [0.717, 1.165) is 6.42 Å². The van der Waals surface area contributed by atoms with Gasteiger partial charge in [-0.05, 0) is 32.2 Å². The average molecular weight is 193 g/mol. The molecule has 0 spiro atoms. The maximum Gasteiger partial charge on any atom is 0.404 e. The molecule has 76 valence electrons. The zero-order chi connectivity index (χ0) is 9.90. The Morgan fingerprint density at radius 1 is 1.38 bits per heavy atom. The maximum atomic E-state index is 12.4. The van der Waals surface area contributed by atoms with Crippen LogP contribution < -0.4 is 5.32 Å². The molecule has 1 aliphatic rings. The van der Waals surface area contributed by atoms with Crippen LogP contribution in [0, 0.1) is 5.92 Å². The second-order valence-electron chi connectivity index (χ2n) is 3.35. The molecule has 0 radical (unpaired) electrons. The van der Waals surface area contributed by atoms with E-state index < -0.39 is 12.2 Å². The molecular formula is C9H14F3N. The van der Waals surface area contributed by atoms with Crippen LogP contribution in [-0.2, 0) is 0 Å². The van der Waals surface area contributed by atoms with Crippen molar-refractivity contribution in [3.05, 3.63) is 12.2 Å². The molecule has 13 heavy (non-hydrogen) atoms. The lowest BCUT2D eigenvalue weighted by atomic mass is 9.87. The number of alkyl halides is 3. The molecular weight excluding hydrogens is 179 g/mol. The third kappa shape index (κ3) is 2.72. The molecule has 1 N–H and O–H groups in total. The van der Waals surface area contributed by atoms with Gasteiger partial charge in [0.25, 0.3) is 0 Å². The van der Waals surface area contributed by atoms with Crippen LogP contribution in [0.3, 0.4) is 0 Å². The third-order valence-electron chi connectivity index (χ3n) is 2.44. The highest BCUT2D eigenvalue weighted by Gasteiger charge is 2.43. The van der Waals surface area contributed by atoms with E-state index in [2.05, 4.69) is 5.32 Å². The lowest BCUT2D eigenvalue weighted by Gasteiger charge is -2.29. The molecule has 4 heteroatoms. The first kappa shape index (κ1) is 10.6. The van der Waals surface area contributed by atoms with E-state index in [1.54, 1.807) is 0 Å². The van der Waals surface area contributed by atoms with Crippen LogP contribution >= 0.6 is 0 Å². The van der Waals surface area contributed by atoms with Crippen LogP contribution in [0.2, 0.25) is 0 Å². The van der Waals surface area contributed by atoms with Gasteiger partial charge in [-0.15, -0.1) is 0 Å². The summed E-state index contributed by atoms with van der Waals surface area (Å²) in [6.45, 7) is 0. The summed E-state index contributed by atoms with van der Waals surface area (Å²) in [5.74, 6) is -0.296. The van der Waals surface area contributed by atoms with Gasteiger partial charge in [0.1, 0.15) is 6.04 Å². The number of hydrogen-bond acceptors (Lipinski definition) is 1. The Kier molecular flexibility index (Phi) is 3.36. The molecule has 1 nitrogen and oxygen atoms in total. The van der Waals surface area contributed by atoms with Crippen molar-refractivity contribution in [2.75, 3.05) is 7.05 Å². The van der Waals surface area contributed by atoms with E-state index in [4.69, 9.17) is 0 Å². The largest absolute Gasteiger partial charge is 0.404 e. The Morgan fingerprint density at radius 3 is 2.46 bits per heavy atom. The number of allylic oxidation sites excluding steroid dienone is 2. The van der Waals surface area contributed by atoms with Gasteiger partial charge in [-0.2, -0.15) is 13.2 Å². The predicted octanol–water partition coefficient (Wildman–Crippen LogP) is 2.49. The zero-order valence-electron chi connectivity index (χ0n) is 7.56. The molecule has 0 aliphatic heterocycles. The van der Waals surface area contributed by atoms with Gasteiger partial charge < -0.3 is 5.32 Å². The predicted molar refractivity (Wildman–Crippen MR) is 45.4 cm³/mol. The van der Waals surface area contributed by atoms with Crippen molar-refractivity contribution in [3.63, 3.8) is 0 Å². The molecule has 1 rings (SSSR count). The summed E-state index contributed by atoms with van der Waals surface area (Å²) in [5, 5.41) is 2.35. The zero-order valence-corrected chi connectivity index (χ0v) is 7.56. The van der Waals surface area contributed by atoms with Crippen molar-refractivity contribution in [3.8, 4) is 0 Å². The van der Waals surface area contributed by atoms with E-state index in [9.17, 15) is 13.2 Å². The fourth-order valence-electron chi connectivity index (χ4n) is 1.79. The Labute approximate surface area is 76.0 Å². The number of halogens is 3. The minimum atomic E-state index is -4.12. The molecule has 0 saturated carbocycles. The number of hydrogen-bond donors (Lipinski definition) is 1. The first-order valence-electron chi connectivity index (χ1n) is 4.44. The van der Waals surface area contributed by atoms with Crippen molar-refractivity contribution in [1.82, 2.24) is 5.32 Å². The van der Waals surface area contributed by atoms with Crippen molar-refractivity contribution in [1.29, 1.82) is 0 Å². The molecule has 0 amide bonds. The van der Waals surface area contributed by atoms with Crippen molar-refractivity contribution in [2.45, 2.75) is 31.5 Å². The van der Waals surface area contributed by atoms with Gasteiger partial charge in [0, 0.05) is 0 Å². The lowest BCUT2D eigenvalue weighted by molar-refractivity contribution is -0.167. The van der Waals surface area contributed by atoms with Crippen LogP contribution in [0.5, 0.6) is 0 Å². The Hall–Kier alpha value is -0.510. The molecule has 2 unspecified atom stereocenters. The van der Waals surface area contributed by atoms with Gasteiger partial charge in [0.15, 0.2) is 0 Å². The molecule has 0 aromatic carbocycles. The fraction of sp³-hybridized carbons (Fsp3) is 0.778. The van der Waals surface area contributed by atoms with E-state index >= 15 is 0 Å². The second kappa shape index (κ2) is 4.13. The van der Waals surface area contributed by atoms with Gasteiger partial charge in [-0.25, -0.2) is 0 Å². The van der Waals surface area contributed by atoms with Crippen LogP contribution in [0.15, 0.2) is 12.2 Å². The lowest BCUT2D eigenvalue weighted by Crippen LogP contribution is -2.46. The van der Waals surface area contributed by atoms with Gasteiger partial charge in [0.05, 0.1) is 0 Å². The SMILES string of the molecule is CNC(C1CC=CCC1)C(F)(F)F. The second-order valence-corrected chi connectivity index (χ2v) is 3.35. The molecule has 0 aromatic heterocycles. The first-order chi connectivity index (χ1) is 6.05. The molecule has 2 atom stereocenters. The van der Waals surface area contributed by atoms with Crippen molar-refractivity contribution in [2.24, 2.45) is 5.92 Å². The fourth-order valence-corrected chi connectivity index (χ4v) is 1.79. The van der Waals surface area contributed by atoms with Crippen LogP contribution in [0.4, 0.5) is 13.2 Å². The number of nitrogens with one attached hydrogen (secondary N) is 1. The Bertz CT molecular complexity index is 186. The normalized spacial score (nSPS) is 26.0. The van der Waals surface area contributed by atoms with E-state index in [1.807, 2.05) is 12.2 Å². The van der Waals surface area contributed by atoms with Gasteiger partial charge >= 0.3 is 6.18 Å². The molecule has 0 heterocycles. The standard InChI is InChI=1S/C9H14F3N/c1-13-8(9(10,11)12)7-5-3-2-4-6-7/h2-3,7-8,13H,4-6H2,1H3. The van der Waals surface area contributed by atoms with E-state index in [0.29, 0.717) is 12.8 Å². The smallest absolute Gasteiger partial charge is 0.309 e.